The van der Waals surface area contributed by atoms with E-state index < -0.39 is 5.60 Å². The van der Waals surface area contributed by atoms with Gasteiger partial charge < -0.3 is 9.47 Å². The normalized spacial score (nSPS) is 24.6. The molecule has 0 saturated carbocycles. The van der Waals surface area contributed by atoms with Crippen LogP contribution in [0.15, 0.2) is 40.9 Å². The Hall–Kier alpha value is -1.65. The predicted octanol–water partition coefficient (Wildman–Crippen LogP) is 3.93. The standard InChI is InChI=1S/C17H13BrO3/c1-17-13-6-4-10(18)8-12(13)15(21-17)11-5-3-9(7-14(11)17)16(19)20-2/h3-8,15H,1-2H3. The maximum absolute atomic E-state index is 11.7. The third-order valence-electron chi connectivity index (χ3n) is 4.43. The molecule has 0 amide bonds. The van der Waals surface area contributed by atoms with Crippen LogP contribution in [0.25, 0.3) is 0 Å². The minimum absolute atomic E-state index is 0.0517. The maximum Gasteiger partial charge on any atom is 0.337 e. The lowest BCUT2D eigenvalue weighted by atomic mass is 9.78. The highest BCUT2D eigenvalue weighted by molar-refractivity contribution is 9.10. The van der Waals surface area contributed by atoms with Crippen molar-refractivity contribution in [3.63, 3.8) is 0 Å². The summed E-state index contributed by atoms with van der Waals surface area (Å²) in [5, 5.41) is 0. The second-order valence-corrected chi connectivity index (χ2v) is 6.47. The Morgan fingerprint density at radius 3 is 2.76 bits per heavy atom. The Kier molecular flexibility index (Phi) is 2.60. The molecular weight excluding hydrogens is 332 g/mol. The van der Waals surface area contributed by atoms with Crippen LogP contribution in [0.3, 0.4) is 0 Å². The van der Waals surface area contributed by atoms with Crippen molar-refractivity contribution in [2.45, 2.75) is 18.6 Å². The highest BCUT2D eigenvalue weighted by Crippen LogP contribution is 2.58. The van der Waals surface area contributed by atoms with E-state index >= 15 is 0 Å². The number of methoxy groups -OCH3 is 1. The SMILES string of the molecule is COC(=O)c1ccc2c(c1)C1(C)OC2c2cc(Br)ccc21. The van der Waals surface area contributed by atoms with E-state index in [0.29, 0.717) is 5.56 Å². The first-order valence-corrected chi connectivity index (χ1v) is 7.54. The monoisotopic (exact) mass is 344 g/mol. The first-order chi connectivity index (χ1) is 10.0. The summed E-state index contributed by atoms with van der Waals surface area (Å²) in [6.45, 7) is 2.06. The van der Waals surface area contributed by atoms with Crippen LogP contribution in [0.5, 0.6) is 0 Å². The molecule has 2 heterocycles. The molecule has 2 aromatic rings. The van der Waals surface area contributed by atoms with E-state index in [4.69, 9.17) is 9.47 Å². The van der Waals surface area contributed by atoms with Crippen LogP contribution in [0.2, 0.25) is 0 Å². The van der Waals surface area contributed by atoms with Crippen molar-refractivity contribution in [3.8, 4) is 0 Å². The van der Waals surface area contributed by atoms with Gasteiger partial charge in [-0.1, -0.05) is 28.1 Å². The molecule has 2 atom stereocenters. The van der Waals surface area contributed by atoms with Gasteiger partial charge in [-0.3, -0.25) is 0 Å². The third kappa shape index (κ3) is 1.60. The Bertz CT molecular complexity index is 784. The number of carbonyl (C=O) groups excluding carboxylic acids is 1. The zero-order valence-corrected chi connectivity index (χ0v) is 13.2. The molecule has 21 heavy (non-hydrogen) atoms. The van der Waals surface area contributed by atoms with E-state index in [9.17, 15) is 4.79 Å². The molecule has 4 rings (SSSR count). The van der Waals surface area contributed by atoms with Gasteiger partial charge >= 0.3 is 5.97 Å². The summed E-state index contributed by atoms with van der Waals surface area (Å²) in [4.78, 5) is 11.7. The van der Waals surface area contributed by atoms with Crippen molar-refractivity contribution >= 4 is 21.9 Å². The van der Waals surface area contributed by atoms with Crippen LogP contribution in [-0.4, -0.2) is 13.1 Å². The van der Waals surface area contributed by atoms with Gasteiger partial charge in [-0.2, -0.15) is 0 Å². The molecule has 2 bridgehead atoms. The number of fused-ring (bicyclic) bond motifs is 8. The summed E-state index contributed by atoms with van der Waals surface area (Å²) in [5.41, 5.74) is 4.64. The summed E-state index contributed by atoms with van der Waals surface area (Å²) < 4.78 is 12.1. The van der Waals surface area contributed by atoms with Crippen LogP contribution in [0.1, 0.15) is 45.6 Å². The van der Waals surface area contributed by atoms with Gasteiger partial charge in [0.05, 0.1) is 12.7 Å². The van der Waals surface area contributed by atoms with Crippen LogP contribution >= 0.6 is 15.9 Å². The lowest BCUT2D eigenvalue weighted by Gasteiger charge is -2.24. The quantitative estimate of drug-likeness (QED) is 0.735. The average Bonchev–Trinajstić information content (AvgIpc) is 2.95. The van der Waals surface area contributed by atoms with Crippen LogP contribution in [0, 0.1) is 0 Å². The van der Waals surface area contributed by atoms with Crippen LogP contribution in [0.4, 0.5) is 0 Å². The van der Waals surface area contributed by atoms with Crippen LogP contribution < -0.4 is 0 Å². The summed E-state index contributed by atoms with van der Waals surface area (Å²) in [7, 11) is 1.40. The minimum Gasteiger partial charge on any atom is -0.465 e. The molecule has 2 aliphatic rings. The molecule has 2 aromatic carbocycles. The zero-order chi connectivity index (χ0) is 14.8. The molecule has 0 aromatic heterocycles. The molecule has 0 fully saturated rings. The molecule has 3 nitrogen and oxygen atoms in total. The Morgan fingerprint density at radius 1 is 1.19 bits per heavy atom. The summed E-state index contributed by atoms with van der Waals surface area (Å²) in [5.74, 6) is -0.319. The maximum atomic E-state index is 11.7. The summed E-state index contributed by atoms with van der Waals surface area (Å²) >= 11 is 3.52. The van der Waals surface area contributed by atoms with E-state index in [1.54, 1.807) is 6.07 Å². The second-order valence-electron chi connectivity index (χ2n) is 5.56. The molecular formula is C17H13BrO3. The number of halogens is 1. The van der Waals surface area contributed by atoms with Crippen molar-refractivity contribution < 1.29 is 14.3 Å². The minimum atomic E-state index is -0.486. The number of hydrogen-bond acceptors (Lipinski definition) is 3. The van der Waals surface area contributed by atoms with E-state index in [-0.39, 0.29) is 12.1 Å². The predicted molar refractivity (Wildman–Crippen MR) is 81.3 cm³/mol. The van der Waals surface area contributed by atoms with Gasteiger partial charge in [-0.25, -0.2) is 4.79 Å². The first kappa shape index (κ1) is 13.0. The fourth-order valence-electron chi connectivity index (χ4n) is 3.43. The van der Waals surface area contributed by atoms with E-state index in [2.05, 4.69) is 35.0 Å². The fraction of sp³-hybridized carbons (Fsp3) is 0.235. The summed E-state index contributed by atoms with van der Waals surface area (Å²) in [6, 6.07) is 11.9. The van der Waals surface area contributed by atoms with Gasteiger partial charge in [-0.05, 0) is 53.4 Å². The number of hydrogen-bond donors (Lipinski definition) is 0. The zero-order valence-electron chi connectivity index (χ0n) is 11.6. The molecule has 0 aliphatic carbocycles. The van der Waals surface area contributed by atoms with Gasteiger partial charge in [0.15, 0.2) is 0 Å². The molecule has 2 unspecified atom stereocenters. The van der Waals surface area contributed by atoms with Gasteiger partial charge in [0.2, 0.25) is 0 Å². The lowest BCUT2D eigenvalue weighted by molar-refractivity contribution is 0.00898. The van der Waals surface area contributed by atoms with Crippen molar-refractivity contribution in [2.24, 2.45) is 0 Å². The third-order valence-corrected chi connectivity index (χ3v) is 4.93. The largest absolute Gasteiger partial charge is 0.465 e. The van der Waals surface area contributed by atoms with Crippen molar-refractivity contribution in [1.82, 2.24) is 0 Å². The second kappa shape index (κ2) is 4.18. The number of carbonyl (C=O) groups is 1. The van der Waals surface area contributed by atoms with Gasteiger partial charge in [0.25, 0.3) is 0 Å². The summed E-state index contributed by atoms with van der Waals surface area (Å²) in [6.07, 6.45) is -0.0517. The molecule has 0 saturated heterocycles. The molecule has 4 heteroatoms. The van der Waals surface area contributed by atoms with E-state index in [1.807, 2.05) is 18.2 Å². The first-order valence-electron chi connectivity index (χ1n) is 6.75. The Balaban J connectivity index is 1.92. The number of ether oxygens (including phenoxy) is 2. The van der Waals surface area contributed by atoms with E-state index in [0.717, 1.165) is 15.6 Å². The number of esters is 1. The molecule has 0 radical (unpaired) electrons. The molecule has 0 N–H and O–H groups in total. The fourth-order valence-corrected chi connectivity index (χ4v) is 3.81. The van der Waals surface area contributed by atoms with Crippen molar-refractivity contribution in [2.75, 3.05) is 7.11 Å². The highest BCUT2D eigenvalue weighted by Gasteiger charge is 2.51. The van der Waals surface area contributed by atoms with Crippen molar-refractivity contribution in [3.05, 3.63) is 68.7 Å². The number of rotatable bonds is 1. The van der Waals surface area contributed by atoms with Gasteiger partial charge in [0.1, 0.15) is 11.7 Å². The molecule has 0 spiro atoms. The topological polar surface area (TPSA) is 35.5 Å². The van der Waals surface area contributed by atoms with Crippen LogP contribution in [-0.2, 0) is 15.1 Å². The van der Waals surface area contributed by atoms with Gasteiger partial charge in [0, 0.05) is 4.47 Å². The van der Waals surface area contributed by atoms with E-state index in [1.165, 1.54) is 18.2 Å². The lowest BCUT2D eigenvalue weighted by Crippen LogP contribution is -2.21. The Labute approximate surface area is 131 Å². The van der Waals surface area contributed by atoms with Crippen molar-refractivity contribution in [1.29, 1.82) is 0 Å². The molecule has 106 valence electrons. The molecule has 2 aliphatic heterocycles. The average molecular weight is 345 g/mol. The Morgan fingerprint density at radius 2 is 2.00 bits per heavy atom. The number of benzene rings is 2. The smallest absolute Gasteiger partial charge is 0.337 e. The highest BCUT2D eigenvalue weighted by atomic mass is 79.9. The van der Waals surface area contributed by atoms with Gasteiger partial charge in [-0.15, -0.1) is 0 Å².